The average molecular weight is 2060 g/mol. The Morgan fingerprint density at radius 2 is 0.262 bits per heavy atom. The molecule has 44 nitrogen and oxygen atoms in total. The minimum absolute atomic E-state index is 0.0158. The van der Waals surface area contributed by atoms with Crippen molar-refractivity contribution in [2.24, 2.45) is 27.1 Å². The second-order valence-electron chi connectivity index (χ2n) is 30.7. The largest absolute Gasteiger partial charge is 0.465 e. The van der Waals surface area contributed by atoms with Crippen molar-refractivity contribution in [1.82, 2.24) is 0 Å². The highest BCUT2D eigenvalue weighted by Crippen LogP contribution is 2.30. The van der Waals surface area contributed by atoms with Gasteiger partial charge in [0.25, 0.3) is 0 Å². The fourth-order valence-corrected chi connectivity index (χ4v) is 10.5. The van der Waals surface area contributed by atoms with E-state index in [1.54, 1.807) is 0 Å². The fourth-order valence-electron chi connectivity index (χ4n) is 10.5. The lowest BCUT2D eigenvalue weighted by molar-refractivity contribution is -0.175. The minimum atomic E-state index is -1.55. The maximum absolute atomic E-state index is 12.8. The molecule has 44 heteroatoms. The summed E-state index contributed by atoms with van der Waals surface area (Å²) in [6.07, 6.45) is 20.7. The average Bonchev–Trinajstić information content (AvgIpc) is 0.833. The van der Waals surface area contributed by atoms with Gasteiger partial charge in [-0.05, 0) is 70.6 Å². The van der Waals surface area contributed by atoms with Crippen LogP contribution in [-0.4, -0.2) is 318 Å². The van der Waals surface area contributed by atoms with E-state index in [-0.39, 0.29) is 112 Å². The van der Waals surface area contributed by atoms with Crippen LogP contribution in [-0.2, 0) is 210 Å². The number of hydrogen-bond donors (Lipinski definition) is 0. The third-order valence-corrected chi connectivity index (χ3v) is 18.4. The van der Waals surface area contributed by atoms with Gasteiger partial charge < -0.3 is 118 Å². The zero-order valence-corrected chi connectivity index (χ0v) is 82.3. The number of ether oxygens (including phenoxy) is 25. The Hall–Kier alpha value is -14.5. The van der Waals surface area contributed by atoms with Crippen molar-refractivity contribution in [2.75, 3.05) is 205 Å². The first kappa shape index (κ1) is 135. The van der Waals surface area contributed by atoms with Crippen LogP contribution in [0.15, 0.2) is 202 Å². The molecule has 0 aromatic heterocycles. The van der Waals surface area contributed by atoms with E-state index in [2.05, 4.69) is 105 Å². The topological polar surface area (TPSA) is 555 Å². The van der Waals surface area contributed by atoms with Crippen LogP contribution in [0.4, 0.5) is 0 Å². The number of esters is 19. The Balaban J connectivity index is -0.00000212. The van der Waals surface area contributed by atoms with Crippen LogP contribution in [0.3, 0.4) is 0 Å². The van der Waals surface area contributed by atoms with Gasteiger partial charge in [0.05, 0.1) is 126 Å². The third kappa shape index (κ3) is 72.4. The second-order valence-corrected chi connectivity index (χ2v) is 30.7. The molecule has 0 unspecified atom stereocenters. The van der Waals surface area contributed by atoms with Crippen molar-refractivity contribution in [3.8, 4) is 0 Å². The maximum atomic E-state index is 12.8. The van der Waals surface area contributed by atoms with Crippen LogP contribution in [0, 0.1) is 27.1 Å². The van der Waals surface area contributed by atoms with Gasteiger partial charge >= 0.3 is 113 Å². The molecule has 806 valence electrons. The molecule has 0 aliphatic rings. The number of carbonyl (C=O) groups is 19. The molecule has 0 N–H and O–H groups in total. The van der Waals surface area contributed by atoms with Gasteiger partial charge in [-0.1, -0.05) is 105 Å². The number of carbonyl (C=O) groups excluding carboxylic acids is 19. The maximum Gasteiger partial charge on any atom is 0.330 e. The number of hydrogen-bond acceptors (Lipinski definition) is 44. The van der Waals surface area contributed by atoms with E-state index in [1.165, 1.54) is 0 Å². The molecule has 0 aromatic carbocycles. The van der Waals surface area contributed by atoms with Crippen molar-refractivity contribution in [3.05, 3.63) is 202 Å². The van der Waals surface area contributed by atoms with Crippen molar-refractivity contribution >= 4 is 113 Å². The molecule has 0 aliphatic carbocycles. The highest BCUT2D eigenvalue weighted by molar-refractivity contribution is 5.87. The Labute approximate surface area is 843 Å². The molecule has 0 radical (unpaired) electrons. The van der Waals surface area contributed by atoms with Gasteiger partial charge in [0.15, 0.2) is 0 Å². The number of rotatable bonds is 88. The zero-order valence-electron chi connectivity index (χ0n) is 82.3. The van der Waals surface area contributed by atoms with E-state index in [0.717, 1.165) is 97.2 Å². The summed E-state index contributed by atoms with van der Waals surface area (Å²) < 4.78 is 133. The molecule has 0 atom stereocenters. The standard InChI is InChI=1S/C40H54O17.C34H44O15.C27H40O12/c1-7-31(41)50-21-17-13-15-19-37(47)56-29-39(25-52-33(43)9-3,26-53-34(44)10-4)23-49-24-40(27-54-35(45)11-5,28-55-36(46)12-6)30-57-38(48)20-16-14-18-22-51-32(42)8-2;1-7-26(35)43-17-15-13-14-16-32(41)49-25-34(23-47-30(39)11-5,24-48-31(40)12-6)19-42-18-33(20-44-27(36)8-2,21-45-28(37)9-3)22-46-29(38)10-4;1-5-23(28)36-12-10-9-11-32-19-27(20-33-13-16-37-24(29)6-2,21-34-14-17-38-25(30)7-3)22-35-15-18-39-26(31)8-4/h7-12H,1-6,13-30H2;7-12H,1-6,13-25H2;5-8H,1-4,9-22H2. The molecular weight excluding hydrogens is 1920 g/mol. The summed E-state index contributed by atoms with van der Waals surface area (Å²) in [7, 11) is 0. The first-order valence-electron chi connectivity index (χ1n) is 45.0. The van der Waals surface area contributed by atoms with Crippen LogP contribution >= 0.6 is 0 Å². The van der Waals surface area contributed by atoms with Gasteiger partial charge in [-0.3, -0.25) is 14.4 Å². The number of unbranched alkanes of at least 4 members (excludes halogenated alkanes) is 7. The smallest absolute Gasteiger partial charge is 0.330 e. The van der Waals surface area contributed by atoms with Crippen LogP contribution in [0.1, 0.15) is 89.9 Å². The molecule has 0 aromatic rings. The van der Waals surface area contributed by atoms with E-state index in [4.69, 9.17) is 118 Å². The molecule has 0 saturated carbocycles. The SMILES string of the molecule is C=CC(=O)OCCCCCC(=O)OCC(COCC(COC(=O)C=C)(COC(=O)C=C)COC(=O)C=C)(COC(=O)C=C)COC(=O)C=C.C=CC(=O)OCCCCCC(=O)OCC(COCC(COC(=O)C=C)(COC(=O)C=C)COC(=O)CCCCCOC(=O)C=C)(COC(=O)C=C)COC(=O)C=C.C=CC(=O)OCCCCOCC(COCCOC(=O)C=C)(COCCOC(=O)C=C)COCCOC(=O)C=C. The first-order valence-corrected chi connectivity index (χ1v) is 45.0. The molecule has 145 heavy (non-hydrogen) atoms. The van der Waals surface area contributed by atoms with Gasteiger partial charge in [0.1, 0.15) is 99.1 Å². The van der Waals surface area contributed by atoms with Crippen LogP contribution < -0.4 is 0 Å². The van der Waals surface area contributed by atoms with E-state index < -0.39 is 246 Å². The van der Waals surface area contributed by atoms with Gasteiger partial charge in [-0.2, -0.15) is 0 Å². The predicted molar refractivity (Wildman–Crippen MR) is 513 cm³/mol. The quantitative estimate of drug-likeness (QED) is 0.0243. The summed E-state index contributed by atoms with van der Waals surface area (Å²) in [4.78, 5) is 225. The van der Waals surface area contributed by atoms with E-state index in [9.17, 15) is 91.1 Å². The molecule has 0 bridgehead atoms. The molecule has 0 fully saturated rings. The lowest BCUT2D eigenvalue weighted by Crippen LogP contribution is -2.47. The highest BCUT2D eigenvalue weighted by atomic mass is 16.6. The molecule has 0 rings (SSSR count). The Bertz CT molecular complexity index is 3910. The summed E-state index contributed by atoms with van der Waals surface area (Å²) in [5.41, 5.74) is -6.96. The summed E-state index contributed by atoms with van der Waals surface area (Å²) in [6.45, 7) is 47.4. The van der Waals surface area contributed by atoms with Crippen molar-refractivity contribution in [3.63, 3.8) is 0 Å². The summed E-state index contributed by atoms with van der Waals surface area (Å²) >= 11 is 0. The van der Waals surface area contributed by atoms with Crippen LogP contribution in [0.25, 0.3) is 0 Å². The van der Waals surface area contributed by atoms with Crippen molar-refractivity contribution in [2.45, 2.75) is 89.9 Å². The Kier molecular flexibility index (Phi) is 79.1. The lowest BCUT2D eigenvalue weighted by atomic mass is 9.90. The predicted octanol–water partition coefficient (Wildman–Crippen LogP) is 7.75. The molecule has 0 aliphatic heterocycles. The third-order valence-electron chi connectivity index (χ3n) is 18.4. The van der Waals surface area contributed by atoms with E-state index in [1.807, 2.05) is 0 Å². The second kappa shape index (κ2) is 85.1. The Morgan fingerprint density at radius 1 is 0.131 bits per heavy atom. The van der Waals surface area contributed by atoms with Crippen LogP contribution in [0.5, 0.6) is 0 Å². The summed E-state index contributed by atoms with van der Waals surface area (Å²) in [6, 6.07) is 0. The molecular formula is C101H138O44. The van der Waals surface area contributed by atoms with Gasteiger partial charge in [-0.25, -0.2) is 76.7 Å². The minimum Gasteiger partial charge on any atom is -0.465 e. The monoisotopic (exact) mass is 2050 g/mol. The van der Waals surface area contributed by atoms with Crippen molar-refractivity contribution < 1.29 is 210 Å². The summed E-state index contributed by atoms with van der Waals surface area (Å²) in [5.74, 6) is -13.5. The highest BCUT2D eigenvalue weighted by Gasteiger charge is 2.44. The zero-order chi connectivity index (χ0) is 109. The van der Waals surface area contributed by atoms with Crippen molar-refractivity contribution in [1.29, 1.82) is 0 Å². The Morgan fingerprint density at radius 3 is 0.441 bits per heavy atom. The van der Waals surface area contributed by atoms with E-state index in [0.29, 0.717) is 77.2 Å². The molecule has 0 heterocycles. The molecule has 0 amide bonds. The fraction of sp³-hybridized carbons (Fsp3) is 0.495. The van der Waals surface area contributed by atoms with Gasteiger partial charge in [0, 0.05) is 123 Å². The van der Waals surface area contributed by atoms with E-state index >= 15 is 0 Å². The molecule has 0 spiro atoms. The normalized spacial score (nSPS) is 10.6. The van der Waals surface area contributed by atoms with Gasteiger partial charge in [-0.15, -0.1) is 0 Å². The first-order chi connectivity index (χ1) is 69.4. The summed E-state index contributed by atoms with van der Waals surface area (Å²) in [5, 5.41) is 0. The van der Waals surface area contributed by atoms with Crippen LogP contribution in [0.2, 0.25) is 0 Å². The lowest BCUT2D eigenvalue weighted by Gasteiger charge is -2.35. The van der Waals surface area contributed by atoms with Gasteiger partial charge in [0.2, 0.25) is 0 Å². The molecule has 0 saturated heterocycles.